The number of nitrogens with two attached hydrogens (primary N) is 1. The molecule has 1 aromatic carbocycles. The maximum absolute atomic E-state index is 10.7. The van der Waals surface area contributed by atoms with E-state index in [4.69, 9.17) is 0 Å². The second-order valence-corrected chi connectivity index (χ2v) is 6.50. The number of hydrogen-bond donors (Lipinski definition) is 1. The molecule has 6 heteroatoms. The number of rotatable bonds is 5. The zero-order valence-electron chi connectivity index (χ0n) is 12.9. The Kier molecular flexibility index (Phi) is 4.36. The fraction of sp³-hybridized carbons (Fsp3) is 0.235. The lowest BCUT2D eigenvalue weighted by Crippen LogP contribution is -2.81. The number of benzene rings is 1. The molecule has 0 unspecified atom stereocenters. The van der Waals surface area contributed by atoms with Gasteiger partial charge in [0.25, 0.3) is 0 Å². The SMILES string of the molecule is CC(C)c1ccc(-c2csc3ncnc([NH2+]CC(=O)[O-])c23)cc1. The first kappa shape index (κ1) is 15.6. The van der Waals surface area contributed by atoms with Gasteiger partial charge in [0.05, 0.1) is 5.97 Å². The van der Waals surface area contributed by atoms with Crippen LogP contribution < -0.4 is 10.4 Å². The van der Waals surface area contributed by atoms with Crippen LogP contribution in [0.4, 0.5) is 5.82 Å². The summed E-state index contributed by atoms with van der Waals surface area (Å²) in [6, 6.07) is 8.43. The molecule has 0 spiro atoms. The third-order valence-electron chi connectivity index (χ3n) is 3.75. The zero-order valence-corrected chi connectivity index (χ0v) is 13.8. The molecule has 5 nitrogen and oxygen atoms in total. The van der Waals surface area contributed by atoms with Gasteiger partial charge < -0.3 is 9.90 Å². The van der Waals surface area contributed by atoms with Crippen molar-refractivity contribution in [3.05, 3.63) is 41.5 Å². The fourth-order valence-corrected chi connectivity index (χ4v) is 3.42. The quantitative estimate of drug-likeness (QED) is 0.768. The Bertz CT molecular complexity index is 841. The smallest absolute Gasteiger partial charge is 0.237 e. The molecule has 0 fully saturated rings. The summed E-state index contributed by atoms with van der Waals surface area (Å²) in [5.41, 5.74) is 3.40. The summed E-state index contributed by atoms with van der Waals surface area (Å²) in [6.07, 6.45) is 1.46. The van der Waals surface area contributed by atoms with Crippen LogP contribution in [0.2, 0.25) is 0 Å². The molecule has 0 aliphatic rings. The Balaban J connectivity index is 2.05. The predicted octanol–water partition coefficient (Wildman–Crippen LogP) is 1.43. The van der Waals surface area contributed by atoms with Gasteiger partial charge in [-0.3, -0.25) is 5.32 Å². The highest BCUT2D eigenvalue weighted by Gasteiger charge is 2.16. The van der Waals surface area contributed by atoms with Crippen LogP contribution in [-0.4, -0.2) is 22.5 Å². The van der Waals surface area contributed by atoms with E-state index in [-0.39, 0.29) is 6.54 Å². The minimum absolute atomic E-state index is 0.159. The monoisotopic (exact) mass is 327 g/mol. The molecular formula is C17H17N3O2S. The summed E-state index contributed by atoms with van der Waals surface area (Å²) in [5, 5.41) is 15.2. The average Bonchev–Trinajstić information content (AvgIpc) is 2.97. The molecule has 0 amide bonds. The lowest BCUT2D eigenvalue weighted by molar-refractivity contribution is -0.571. The van der Waals surface area contributed by atoms with Crippen LogP contribution in [-0.2, 0) is 4.79 Å². The van der Waals surface area contributed by atoms with Gasteiger partial charge in [-0.15, -0.1) is 11.3 Å². The van der Waals surface area contributed by atoms with Gasteiger partial charge >= 0.3 is 0 Å². The molecule has 0 aliphatic heterocycles. The standard InChI is InChI=1S/C17H17N3O2S/c1-10(2)11-3-5-12(6-4-11)13-8-23-17-15(13)16(19-9-20-17)18-7-14(21)22/h3-6,8-10H,7H2,1-2H3,(H,21,22)(H,18,19,20). The number of aliphatic carboxylic acids is 1. The van der Waals surface area contributed by atoms with Crippen LogP contribution in [0.3, 0.4) is 0 Å². The van der Waals surface area contributed by atoms with Crippen molar-refractivity contribution in [2.24, 2.45) is 0 Å². The summed E-state index contributed by atoms with van der Waals surface area (Å²) in [5.74, 6) is 0.0109. The first-order valence-corrected chi connectivity index (χ1v) is 8.30. The van der Waals surface area contributed by atoms with E-state index >= 15 is 0 Å². The molecule has 23 heavy (non-hydrogen) atoms. The van der Waals surface area contributed by atoms with E-state index in [0.29, 0.717) is 11.7 Å². The van der Waals surface area contributed by atoms with Gasteiger partial charge in [-0.05, 0) is 17.0 Å². The molecule has 2 N–H and O–H groups in total. The number of carboxylic acid groups (broad SMARTS) is 1. The Morgan fingerprint density at radius 3 is 2.65 bits per heavy atom. The van der Waals surface area contributed by atoms with Crippen molar-refractivity contribution in [3.8, 4) is 11.1 Å². The molecule has 0 saturated heterocycles. The van der Waals surface area contributed by atoms with E-state index in [0.717, 1.165) is 21.3 Å². The summed E-state index contributed by atoms with van der Waals surface area (Å²) >= 11 is 1.53. The second kappa shape index (κ2) is 6.44. The van der Waals surface area contributed by atoms with Gasteiger partial charge in [-0.25, -0.2) is 4.98 Å². The van der Waals surface area contributed by atoms with Crippen molar-refractivity contribution < 1.29 is 15.2 Å². The molecule has 2 heterocycles. The highest BCUT2D eigenvalue weighted by atomic mass is 32.1. The lowest BCUT2D eigenvalue weighted by atomic mass is 9.99. The number of carbonyl (C=O) groups is 1. The van der Waals surface area contributed by atoms with Crippen molar-refractivity contribution in [1.29, 1.82) is 0 Å². The number of quaternary nitrogens is 1. The van der Waals surface area contributed by atoms with Gasteiger partial charge in [-0.2, -0.15) is 4.98 Å². The minimum Gasteiger partial charge on any atom is -0.544 e. The molecule has 0 bridgehead atoms. The zero-order chi connectivity index (χ0) is 16.4. The summed E-state index contributed by atoms with van der Waals surface area (Å²) in [7, 11) is 0. The first-order chi connectivity index (χ1) is 11.1. The lowest BCUT2D eigenvalue weighted by Gasteiger charge is -2.07. The topological polar surface area (TPSA) is 82.5 Å². The number of thiophene rings is 1. The maximum atomic E-state index is 10.7. The normalized spacial score (nSPS) is 11.3. The van der Waals surface area contributed by atoms with E-state index in [1.165, 1.54) is 23.2 Å². The largest absolute Gasteiger partial charge is 0.544 e. The second-order valence-electron chi connectivity index (χ2n) is 5.65. The molecule has 3 aromatic rings. The van der Waals surface area contributed by atoms with E-state index in [2.05, 4.69) is 48.1 Å². The fourth-order valence-electron chi connectivity index (χ4n) is 2.49. The molecule has 3 rings (SSSR count). The number of hydrogen-bond acceptors (Lipinski definition) is 5. The predicted molar refractivity (Wildman–Crippen MR) is 88.4 cm³/mol. The highest BCUT2D eigenvalue weighted by molar-refractivity contribution is 7.17. The number of carboxylic acids is 1. The van der Waals surface area contributed by atoms with Crippen molar-refractivity contribution in [3.63, 3.8) is 0 Å². The van der Waals surface area contributed by atoms with Gasteiger partial charge in [0.1, 0.15) is 23.1 Å². The molecule has 2 aromatic heterocycles. The number of nitrogens with zero attached hydrogens (tertiary/aromatic N) is 2. The Labute approximate surface area is 138 Å². The van der Waals surface area contributed by atoms with Crippen LogP contribution in [0.1, 0.15) is 25.3 Å². The van der Waals surface area contributed by atoms with Gasteiger partial charge in [0.15, 0.2) is 0 Å². The Morgan fingerprint density at radius 1 is 1.26 bits per heavy atom. The van der Waals surface area contributed by atoms with Gasteiger partial charge in [0.2, 0.25) is 5.82 Å². The van der Waals surface area contributed by atoms with Crippen molar-refractivity contribution in [2.75, 3.05) is 6.54 Å². The first-order valence-electron chi connectivity index (χ1n) is 7.42. The summed E-state index contributed by atoms with van der Waals surface area (Å²) in [4.78, 5) is 20.1. The van der Waals surface area contributed by atoms with Crippen molar-refractivity contribution >= 4 is 33.3 Å². The van der Waals surface area contributed by atoms with E-state index in [1.54, 1.807) is 5.32 Å². The number of aromatic nitrogens is 2. The van der Waals surface area contributed by atoms with Gasteiger partial charge in [0, 0.05) is 10.9 Å². The van der Waals surface area contributed by atoms with Crippen LogP contribution >= 0.6 is 11.3 Å². The van der Waals surface area contributed by atoms with Crippen LogP contribution in [0.5, 0.6) is 0 Å². The van der Waals surface area contributed by atoms with Crippen molar-refractivity contribution in [1.82, 2.24) is 9.97 Å². The maximum Gasteiger partial charge on any atom is 0.237 e. The van der Waals surface area contributed by atoms with E-state index < -0.39 is 5.97 Å². The summed E-state index contributed by atoms with van der Waals surface area (Å²) in [6.45, 7) is 4.17. The van der Waals surface area contributed by atoms with E-state index in [9.17, 15) is 9.90 Å². The number of carbonyl (C=O) groups excluding carboxylic acids is 1. The average molecular weight is 327 g/mol. The third kappa shape index (κ3) is 3.23. The minimum atomic E-state index is -1.12. The Morgan fingerprint density at radius 2 is 2.00 bits per heavy atom. The molecule has 0 atom stereocenters. The van der Waals surface area contributed by atoms with E-state index in [1.807, 2.05) is 5.38 Å². The molecular weight excluding hydrogens is 310 g/mol. The van der Waals surface area contributed by atoms with Crippen LogP contribution in [0.25, 0.3) is 21.3 Å². The molecule has 0 saturated carbocycles. The third-order valence-corrected chi connectivity index (χ3v) is 4.64. The highest BCUT2D eigenvalue weighted by Crippen LogP contribution is 2.35. The van der Waals surface area contributed by atoms with Crippen molar-refractivity contribution in [2.45, 2.75) is 19.8 Å². The summed E-state index contributed by atoms with van der Waals surface area (Å²) < 4.78 is 0. The molecule has 0 radical (unpaired) electrons. The molecule has 0 aliphatic carbocycles. The molecule has 118 valence electrons. The van der Waals surface area contributed by atoms with Crippen LogP contribution in [0.15, 0.2) is 36.0 Å². The number of fused-ring (bicyclic) bond motifs is 1. The van der Waals surface area contributed by atoms with Gasteiger partial charge in [-0.1, -0.05) is 38.1 Å². The Hall–Kier alpha value is -2.31. The van der Waals surface area contributed by atoms with Crippen LogP contribution in [0, 0.1) is 0 Å².